The van der Waals surface area contributed by atoms with E-state index in [-0.39, 0.29) is 19.6 Å². The number of hydrogen-bond donors (Lipinski definition) is 5. The van der Waals surface area contributed by atoms with E-state index in [4.69, 9.17) is 14.8 Å². The zero-order valence-corrected chi connectivity index (χ0v) is 40.9. The topological polar surface area (TPSA) is 151 Å². The molecule has 0 saturated carbocycles. The van der Waals surface area contributed by atoms with Crippen LogP contribution in [0.3, 0.4) is 0 Å². The maximum Gasteiger partial charge on any atom is 0.472 e. The number of carbonyl (C=O) groups excluding carboxylic acids is 1. The van der Waals surface area contributed by atoms with Crippen molar-refractivity contribution in [2.24, 2.45) is 5.73 Å². The van der Waals surface area contributed by atoms with Crippen LogP contribution in [0.5, 0.6) is 0 Å². The van der Waals surface area contributed by atoms with Crippen LogP contribution in [-0.2, 0) is 18.4 Å². The Kier molecular flexibility index (Phi) is 46.1. The molecule has 0 aliphatic carbocycles. The summed E-state index contributed by atoms with van der Waals surface area (Å²) in [7, 11) is -4.40. The van der Waals surface area contributed by atoms with Gasteiger partial charge in [-0.15, -0.1) is 0 Å². The molecule has 4 atom stereocenters. The summed E-state index contributed by atoms with van der Waals surface area (Å²) < 4.78 is 22.2. The molecule has 6 N–H and O–H groups in total. The van der Waals surface area contributed by atoms with Gasteiger partial charge in [0, 0.05) is 6.54 Å². The smallest absolute Gasteiger partial charge is 0.393 e. The van der Waals surface area contributed by atoms with Crippen LogP contribution in [0, 0.1) is 0 Å². The molecule has 0 aliphatic rings. The van der Waals surface area contributed by atoms with E-state index in [1.54, 1.807) is 6.08 Å². The van der Waals surface area contributed by atoms with Crippen LogP contribution in [0.25, 0.3) is 0 Å². The van der Waals surface area contributed by atoms with Gasteiger partial charge in [0.15, 0.2) is 0 Å². The first kappa shape index (κ1) is 59.9. The summed E-state index contributed by atoms with van der Waals surface area (Å²) in [5, 5.41) is 24.2. The molecule has 0 spiro atoms. The number of nitrogens with two attached hydrogens (primary N) is 1. The summed E-state index contributed by atoms with van der Waals surface area (Å²) in [5.41, 5.74) is 5.38. The summed E-state index contributed by atoms with van der Waals surface area (Å²) in [4.78, 5) is 22.9. The molecule has 9 nitrogen and oxygen atoms in total. The molecule has 0 fully saturated rings. The molecule has 0 aliphatic heterocycles. The van der Waals surface area contributed by atoms with Gasteiger partial charge in [0.1, 0.15) is 0 Å². The van der Waals surface area contributed by atoms with E-state index in [9.17, 15) is 24.5 Å². The third kappa shape index (κ3) is 45.3. The molecule has 0 saturated heterocycles. The van der Waals surface area contributed by atoms with Crippen molar-refractivity contribution < 1.29 is 33.5 Å². The highest BCUT2D eigenvalue weighted by molar-refractivity contribution is 7.47. The fourth-order valence-electron chi connectivity index (χ4n) is 7.88. The van der Waals surface area contributed by atoms with Crippen molar-refractivity contribution in [3.8, 4) is 0 Å². The van der Waals surface area contributed by atoms with E-state index in [1.165, 1.54) is 180 Å². The number of aliphatic hydroxyl groups excluding tert-OH is 2. The maximum atomic E-state index is 12.9. The standard InChI is InChI=1S/C51H101N2O7P/c1-3-5-7-9-11-13-15-17-19-21-23-24-25-26-28-30-32-34-36-38-40-42-48(54)46-51(56)53-49(47-60-61(57,58)59-45-44-52)50(55)43-41-39-37-35-33-31-29-27-22-20-18-16-14-12-10-8-6-4-2/h26,28,41,43,48-50,54-55H,3-25,27,29-40,42,44-47,52H2,1-2H3,(H,53,56)(H,57,58)/b28-26-,43-41+. The summed E-state index contributed by atoms with van der Waals surface area (Å²) in [6.07, 6.45) is 52.7. The Morgan fingerprint density at radius 1 is 0.557 bits per heavy atom. The van der Waals surface area contributed by atoms with Gasteiger partial charge in [-0.25, -0.2) is 4.57 Å². The van der Waals surface area contributed by atoms with Crippen LogP contribution in [-0.4, -0.2) is 59.0 Å². The van der Waals surface area contributed by atoms with Crippen LogP contribution >= 0.6 is 7.82 Å². The fourth-order valence-corrected chi connectivity index (χ4v) is 8.64. The van der Waals surface area contributed by atoms with Crippen LogP contribution < -0.4 is 11.1 Å². The third-order valence-electron chi connectivity index (χ3n) is 11.8. The molecule has 1 amide bonds. The highest BCUT2D eigenvalue weighted by atomic mass is 31.2. The van der Waals surface area contributed by atoms with Crippen molar-refractivity contribution in [2.75, 3.05) is 19.8 Å². The second kappa shape index (κ2) is 46.9. The van der Waals surface area contributed by atoms with Crippen molar-refractivity contribution in [3.63, 3.8) is 0 Å². The number of rotatable bonds is 49. The zero-order valence-electron chi connectivity index (χ0n) is 40.0. The lowest BCUT2D eigenvalue weighted by Crippen LogP contribution is -2.46. The summed E-state index contributed by atoms with van der Waals surface area (Å²) in [6.45, 7) is 4.01. The first-order valence-electron chi connectivity index (χ1n) is 26.0. The number of phosphoric acid groups is 1. The lowest BCUT2D eigenvalue weighted by Gasteiger charge is -2.24. The van der Waals surface area contributed by atoms with E-state index in [0.717, 1.165) is 51.4 Å². The molecule has 0 radical (unpaired) electrons. The largest absolute Gasteiger partial charge is 0.472 e. The number of hydrogen-bond acceptors (Lipinski definition) is 7. The molecule has 362 valence electrons. The Morgan fingerprint density at radius 3 is 1.31 bits per heavy atom. The molecule has 61 heavy (non-hydrogen) atoms. The number of aliphatic hydroxyl groups is 2. The van der Waals surface area contributed by atoms with E-state index in [1.807, 2.05) is 6.08 Å². The normalized spacial score (nSPS) is 14.5. The minimum Gasteiger partial charge on any atom is -0.393 e. The van der Waals surface area contributed by atoms with Gasteiger partial charge in [0.2, 0.25) is 5.91 Å². The van der Waals surface area contributed by atoms with Crippen LogP contribution in [0.1, 0.15) is 258 Å². The molecule has 0 heterocycles. The molecule has 4 unspecified atom stereocenters. The van der Waals surface area contributed by atoms with E-state index in [2.05, 4.69) is 31.3 Å². The average Bonchev–Trinajstić information content (AvgIpc) is 3.24. The van der Waals surface area contributed by atoms with Gasteiger partial charge in [-0.05, 0) is 44.9 Å². The second-order valence-corrected chi connectivity index (χ2v) is 19.4. The zero-order chi connectivity index (χ0) is 44.8. The Morgan fingerprint density at radius 2 is 0.918 bits per heavy atom. The maximum absolute atomic E-state index is 12.9. The number of carbonyl (C=O) groups is 1. The summed E-state index contributed by atoms with van der Waals surface area (Å²) in [5.74, 6) is -0.447. The molecule has 0 aromatic rings. The number of allylic oxidation sites excluding steroid dienone is 3. The number of nitrogens with one attached hydrogen (secondary N) is 1. The quantitative estimate of drug-likeness (QED) is 0.0230. The van der Waals surface area contributed by atoms with Gasteiger partial charge in [-0.1, -0.05) is 231 Å². The number of unbranched alkanes of at least 4 members (excludes halogenated alkanes) is 33. The third-order valence-corrected chi connectivity index (χ3v) is 12.8. The molecule has 0 rings (SSSR count). The van der Waals surface area contributed by atoms with E-state index >= 15 is 0 Å². The lowest BCUT2D eigenvalue weighted by molar-refractivity contribution is -0.124. The second-order valence-electron chi connectivity index (χ2n) is 17.9. The van der Waals surface area contributed by atoms with Gasteiger partial charge in [-0.3, -0.25) is 13.8 Å². The first-order chi connectivity index (χ1) is 29.8. The van der Waals surface area contributed by atoms with Crippen molar-refractivity contribution in [3.05, 3.63) is 24.3 Å². The van der Waals surface area contributed by atoms with Crippen molar-refractivity contribution in [1.82, 2.24) is 5.32 Å². The van der Waals surface area contributed by atoms with Gasteiger partial charge in [-0.2, -0.15) is 0 Å². The van der Waals surface area contributed by atoms with Crippen LogP contribution in [0.15, 0.2) is 24.3 Å². The van der Waals surface area contributed by atoms with Crippen LogP contribution in [0.4, 0.5) is 0 Å². The molecular weight excluding hydrogens is 784 g/mol. The van der Waals surface area contributed by atoms with Gasteiger partial charge < -0.3 is 26.2 Å². The first-order valence-corrected chi connectivity index (χ1v) is 27.5. The number of amides is 1. The summed E-state index contributed by atoms with van der Waals surface area (Å²) in [6, 6.07) is -0.984. The Labute approximate surface area is 377 Å². The van der Waals surface area contributed by atoms with Gasteiger partial charge in [0.25, 0.3) is 0 Å². The molecule has 0 aromatic carbocycles. The predicted molar refractivity (Wildman–Crippen MR) is 260 cm³/mol. The van der Waals surface area contributed by atoms with E-state index in [0.29, 0.717) is 6.42 Å². The van der Waals surface area contributed by atoms with Gasteiger partial charge in [0.05, 0.1) is 37.9 Å². The Balaban J connectivity index is 4.18. The van der Waals surface area contributed by atoms with E-state index < -0.39 is 38.6 Å². The molecule has 0 aromatic heterocycles. The minimum atomic E-state index is -4.40. The molecular formula is C51H101N2O7P. The monoisotopic (exact) mass is 885 g/mol. The van der Waals surface area contributed by atoms with Crippen molar-refractivity contribution >= 4 is 13.7 Å². The molecule has 0 bridgehead atoms. The predicted octanol–water partition coefficient (Wildman–Crippen LogP) is 14.3. The minimum absolute atomic E-state index is 0.0492. The highest BCUT2D eigenvalue weighted by Crippen LogP contribution is 2.43. The fraction of sp³-hybridized carbons (Fsp3) is 0.902. The highest BCUT2D eigenvalue weighted by Gasteiger charge is 2.27. The SMILES string of the molecule is CCCCCCCCCCCCCC/C=C\CCCCCCCC(O)CC(=O)NC(COP(=O)(O)OCCN)C(O)/C=C/CCCCCCCCCCCCCCCCCC. The molecule has 10 heteroatoms. The summed E-state index contributed by atoms with van der Waals surface area (Å²) >= 11 is 0. The lowest BCUT2D eigenvalue weighted by atomic mass is 10.0. The average molecular weight is 885 g/mol. The van der Waals surface area contributed by atoms with Crippen LogP contribution in [0.2, 0.25) is 0 Å². The van der Waals surface area contributed by atoms with Gasteiger partial charge >= 0.3 is 7.82 Å². The van der Waals surface area contributed by atoms with Crippen molar-refractivity contribution in [1.29, 1.82) is 0 Å². The Hall–Kier alpha value is -1.06. The van der Waals surface area contributed by atoms with Crippen molar-refractivity contribution in [2.45, 2.75) is 276 Å². The Bertz CT molecular complexity index is 1030. The number of phosphoric ester groups is 1.